The Morgan fingerprint density at radius 3 is 2.94 bits per heavy atom. The summed E-state index contributed by atoms with van der Waals surface area (Å²) in [6, 6.07) is 6.55. The number of hydrogen-bond acceptors (Lipinski definition) is 4. The van der Waals surface area contributed by atoms with Crippen LogP contribution in [0.3, 0.4) is 0 Å². The molecule has 0 aliphatic heterocycles. The average molecular weight is 233 g/mol. The molecule has 0 amide bonds. The van der Waals surface area contributed by atoms with Crippen LogP contribution in [-0.2, 0) is 0 Å². The first-order chi connectivity index (χ1) is 8.22. The molecule has 17 heavy (non-hydrogen) atoms. The molecule has 0 saturated heterocycles. The van der Waals surface area contributed by atoms with Gasteiger partial charge in [-0.1, -0.05) is 13.0 Å². The highest BCUT2D eigenvalue weighted by molar-refractivity contribution is 5.72. The molecule has 4 nitrogen and oxygen atoms in total. The molecule has 1 unspecified atom stereocenters. The lowest BCUT2D eigenvalue weighted by atomic mass is 10.1. The van der Waals surface area contributed by atoms with Crippen molar-refractivity contribution in [3.63, 3.8) is 0 Å². The molecule has 1 atom stereocenters. The van der Waals surface area contributed by atoms with Crippen LogP contribution in [0.1, 0.15) is 18.5 Å². The highest BCUT2D eigenvalue weighted by atomic mass is 16.3. The maximum atomic E-state index is 5.34. The molecule has 1 aromatic carbocycles. The summed E-state index contributed by atoms with van der Waals surface area (Å²) in [4.78, 5) is 6.34. The van der Waals surface area contributed by atoms with E-state index in [9.17, 15) is 0 Å². The van der Waals surface area contributed by atoms with Crippen molar-refractivity contribution < 1.29 is 4.42 Å². The Morgan fingerprint density at radius 2 is 2.24 bits per heavy atom. The van der Waals surface area contributed by atoms with Gasteiger partial charge in [-0.2, -0.15) is 0 Å². The van der Waals surface area contributed by atoms with Gasteiger partial charge in [0.05, 0.1) is 0 Å². The zero-order valence-corrected chi connectivity index (χ0v) is 10.6. The van der Waals surface area contributed by atoms with Crippen molar-refractivity contribution in [1.29, 1.82) is 0 Å². The maximum Gasteiger partial charge on any atom is 0.181 e. The largest absolute Gasteiger partial charge is 0.443 e. The van der Waals surface area contributed by atoms with Gasteiger partial charge in [0.2, 0.25) is 0 Å². The Hall–Kier alpha value is -1.39. The quantitative estimate of drug-likeness (QED) is 0.858. The van der Waals surface area contributed by atoms with Gasteiger partial charge < -0.3 is 14.6 Å². The third-order valence-corrected chi connectivity index (χ3v) is 2.95. The van der Waals surface area contributed by atoms with E-state index in [1.165, 1.54) is 12.0 Å². The zero-order valence-electron chi connectivity index (χ0n) is 10.6. The molecule has 4 heteroatoms. The van der Waals surface area contributed by atoms with Crippen molar-refractivity contribution in [1.82, 2.24) is 15.2 Å². The second-order valence-electron chi connectivity index (χ2n) is 4.37. The lowest BCUT2D eigenvalue weighted by Crippen LogP contribution is -2.30. The fourth-order valence-corrected chi connectivity index (χ4v) is 1.96. The lowest BCUT2D eigenvalue weighted by molar-refractivity contribution is 0.290. The van der Waals surface area contributed by atoms with E-state index in [0.717, 1.165) is 24.2 Å². The molecule has 1 aromatic heterocycles. The summed E-state index contributed by atoms with van der Waals surface area (Å²) in [5, 5.41) is 3.38. The number of rotatable bonds is 5. The van der Waals surface area contributed by atoms with E-state index in [0.29, 0.717) is 6.04 Å². The first-order valence-corrected chi connectivity index (χ1v) is 5.92. The van der Waals surface area contributed by atoms with Crippen molar-refractivity contribution in [2.75, 3.05) is 27.2 Å². The minimum Gasteiger partial charge on any atom is -0.443 e. The van der Waals surface area contributed by atoms with Crippen LogP contribution < -0.4 is 5.32 Å². The molecular formula is C13H19N3O. The molecule has 2 rings (SSSR count). The highest BCUT2D eigenvalue weighted by Crippen LogP contribution is 2.22. The first-order valence-electron chi connectivity index (χ1n) is 5.92. The van der Waals surface area contributed by atoms with Crippen molar-refractivity contribution in [3.05, 3.63) is 30.2 Å². The van der Waals surface area contributed by atoms with Gasteiger partial charge in [-0.15, -0.1) is 0 Å². The number of aromatic nitrogens is 1. The normalized spacial score (nSPS) is 13.4. The number of hydrogen-bond donors (Lipinski definition) is 1. The summed E-state index contributed by atoms with van der Waals surface area (Å²) in [6.45, 7) is 4.03. The molecule has 92 valence electrons. The van der Waals surface area contributed by atoms with Crippen LogP contribution in [0.2, 0.25) is 0 Å². The molecule has 1 N–H and O–H groups in total. The van der Waals surface area contributed by atoms with Gasteiger partial charge in [0.1, 0.15) is 5.52 Å². The standard InChI is InChI=1S/C13H19N3O/c1-4-14-8-12(16(2)3)10-5-6-11-13(7-10)17-9-15-11/h5-7,9,12,14H,4,8H2,1-3H3. The van der Waals surface area contributed by atoms with E-state index in [1.807, 2.05) is 6.07 Å². The number of oxazole rings is 1. The minimum atomic E-state index is 0.351. The SMILES string of the molecule is CCNCC(c1ccc2ncoc2c1)N(C)C. The maximum absolute atomic E-state index is 5.34. The zero-order chi connectivity index (χ0) is 12.3. The van der Waals surface area contributed by atoms with E-state index in [4.69, 9.17) is 4.42 Å². The fourth-order valence-electron chi connectivity index (χ4n) is 1.96. The first kappa shape index (κ1) is 12.1. The van der Waals surface area contributed by atoms with Crippen LogP contribution in [-0.4, -0.2) is 37.1 Å². The molecule has 1 heterocycles. The fraction of sp³-hybridized carbons (Fsp3) is 0.462. The summed E-state index contributed by atoms with van der Waals surface area (Å²) >= 11 is 0. The molecule has 0 radical (unpaired) electrons. The van der Waals surface area contributed by atoms with Crippen LogP contribution in [0.4, 0.5) is 0 Å². The van der Waals surface area contributed by atoms with Crippen molar-refractivity contribution in [3.8, 4) is 0 Å². The van der Waals surface area contributed by atoms with Gasteiger partial charge in [0.25, 0.3) is 0 Å². The second-order valence-corrected chi connectivity index (χ2v) is 4.37. The smallest absolute Gasteiger partial charge is 0.181 e. The van der Waals surface area contributed by atoms with E-state index in [2.05, 4.69) is 48.4 Å². The topological polar surface area (TPSA) is 41.3 Å². The van der Waals surface area contributed by atoms with Gasteiger partial charge in [-0.25, -0.2) is 4.98 Å². The summed E-state index contributed by atoms with van der Waals surface area (Å²) in [5.41, 5.74) is 3.01. The predicted molar refractivity (Wildman–Crippen MR) is 69.0 cm³/mol. The van der Waals surface area contributed by atoms with E-state index in [1.54, 1.807) is 0 Å². The van der Waals surface area contributed by atoms with E-state index >= 15 is 0 Å². The van der Waals surface area contributed by atoms with Crippen LogP contribution in [0.15, 0.2) is 29.0 Å². The van der Waals surface area contributed by atoms with Crippen LogP contribution in [0.5, 0.6) is 0 Å². The van der Waals surface area contributed by atoms with E-state index < -0.39 is 0 Å². The van der Waals surface area contributed by atoms with Crippen molar-refractivity contribution in [2.24, 2.45) is 0 Å². The van der Waals surface area contributed by atoms with E-state index in [-0.39, 0.29) is 0 Å². The average Bonchev–Trinajstić information content (AvgIpc) is 2.76. The predicted octanol–water partition coefficient (Wildman–Crippen LogP) is 2.04. The van der Waals surface area contributed by atoms with Gasteiger partial charge >= 0.3 is 0 Å². The molecule has 0 aliphatic rings. The summed E-state index contributed by atoms with van der Waals surface area (Å²) in [7, 11) is 4.18. The Balaban J connectivity index is 2.27. The molecule has 2 aromatic rings. The minimum absolute atomic E-state index is 0.351. The molecule has 0 saturated carbocycles. The van der Waals surface area contributed by atoms with Crippen LogP contribution in [0.25, 0.3) is 11.1 Å². The van der Waals surface area contributed by atoms with Crippen molar-refractivity contribution >= 4 is 11.1 Å². The third-order valence-electron chi connectivity index (χ3n) is 2.95. The molecule has 0 bridgehead atoms. The Morgan fingerprint density at radius 1 is 1.41 bits per heavy atom. The van der Waals surface area contributed by atoms with Gasteiger partial charge in [0.15, 0.2) is 12.0 Å². The monoisotopic (exact) mass is 233 g/mol. The third kappa shape index (κ3) is 2.65. The Labute approximate surface area is 102 Å². The van der Waals surface area contributed by atoms with Gasteiger partial charge in [-0.3, -0.25) is 0 Å². The summed E-state index contributed by atoms with van der Waals surface area (Å²) in [5.74, 6) is 0. The number of nitrogens with zero attached hydrogens (tertiary/aromatic N) is 2. The molecule has 0 fully saturated rings. The van der Waals surface area contributed by atoms with Gasteiger partial charge in [0, 0.05) is 12.6 Å². The number of nitrogens with one attached hydrogen (secondary N) is 1. The lowest BCUT2D eigenvalue weighted by Gasteiger charge is -2.24. The van der Waals surface area contributed by atoms with Crippen LogP contribution in [0, 0.1) is 0 Å². The summed E-state index contributed by atoms with van der Waals surface area (Å²) in [6.07, 6.45) is 1.49. The Kier molecular flexibility index (Phi) is 3.76. The van der Waals surface area contributed by atoms with Gasteiger partial charge in [-0.05, 0) is 38.3 Å². The number of benzene rings is 1. The Bertz CT molecular complexity index is 478. The number of likely N-dealkylation sites (N-methyl/N-ethyl adjacent to an activating group) is 2. The van der Waals surface area contributed by atoms with Crippen LogP contribution >= 0.6 is 0 Å². The highest BCUT2D eigenvalue weighted by Gasteiger charge is 2.14. The summed E-state index contributed by atoms with van der Waals surface area (Å²) < 4.78 is 5.34. The number of fused-ring (bicyclic) bond motifs is 1. The molecule has 0 spiro atoms. The molecule has 0 aliphatic carbocycles. The second kappa shape index (κ2) is 5.29. The molecular weight excluding hydrogens is 214 g/mol. The van der Waals surface area contributed by atoms with Crippen molar-refractivity contribution in [2.45, 2.75) is 13.0 Å².